The van der Waals surface area contributed by atoms with Crippen molar-refractivity contribution < 1.29 is 14.6 Å². The lowest BCUT2D eigenvalue weighted by Crippen LogP contribution is -2.16. The largest absolute Gasteiger partial charge is 0.506 e. The van der Waals surface area contributed by atoms with Crippen LogP contribution in [0.1, 0.15) is 129 Å². The van der Waals surface area contributed by atoms with E-state index in [1.165, 1.54) is 83.5 Å². The first-order valence-electron chi connectivity index (χ1n) is 11.1. The lowest BCUT2D eigenvalue weighted by atomic mass is 10.0. The van der Waals surface area contributed by atoms with Crippen molar-refractivity contribution in [3.8, 4) is 0 Å². The molecule has 0 aromatic carbocycles. The maximum atomic E-state index is 10.7. The second-order valence-electron chi connectivity index (χ2n) is 7.53. The summed E-state index contributed by atoms with van der Waals surface area (Å²) in [5, 5.41) is 8.78. The van der Waals surface area contributed by atoms with Crippen molar-refractivity contribution in [2.75, 3.05) is 0 Å². The summed E-state index contributed by atoms with van der Waals surface area (Å²) in [7, 11) is 0. The third-order valence-corrected chi connectivity index (χ3v) is 5.03. The van der Waals surface area contributed by atoms with Gasteiger partial charge in [0.05, 0.1) is 0 Å². The predicted octanol–water partition coefficient (Wildman–Crippen LogP) is 8.11. The van der Waals surface area contributed by atoms with Crippen molar-refractivity contribution in [1.29, 1.82) is 0 Å². The number of carboxylic acid groups (broad SMARTS) is 1. The van der Waals surface area contributed by atoms with E-state index < -0.39 is 6.16 Å². The average molecular weight is 357 g/mol. The van der Waals surface area contributed by atoms with E-state index in [0.717, 1.165) is 32.1 Å². The fraction of sp³-hybridized carbons (Fsp3) is 0.955. The molecule has 3 nitrogen and oxygen atoms in total. The summed E-state index contributed by atoms with van der Waals surface area (Å²) < 4.78 is 4.98. The summed E-state index contributed by atoms with van der Waals surface area (Å²) in [4.78, 5) is 10.7. The van der Waals surface area contributed by atoms with Crippen LogP contribution < -0.4 is 0 Å². The van der Waals surface area contributed by atoms with E-state index in [-0.39, 0.29) is 6.10 Å². The van der Waals surface area contributed by atoms with Gasteiger partial charge in [0.15, 0.2) is 0 Å². The Morgan fingerprint density at radius 1 is 0.640 bits per heavy atom. The molecular formula is C22H44O3. The average Bonchev–Trinajstić information content (AvgIpc) is 2.59. The standard InChI is InChI=1S/C22H44O3/c1-3-5-7-8-9-10-11-12-13-14-15-16-17-18-20-21(19-6-4-2)25-22(23)24/h21H,3-20H2,1-2H3,(H,23,24). The predicted molar refractivity (Wildman–Crippen MR) is 107 cm³/mol. The van der Waals surface area contributed by atoms with Crippen LogP contribution in [0.15, 0.2) is 0 Å². The van der Waals surface area contributed by atoms with E-state index >= 15 is 0 Å². The zero-order valence-electron chi connectivity index (χ0n) is 17.1. The minimum Gasteiger partial charge on any atom is -0.450 e. The molecule has 0 radical (unpaired) electrons. The number of unbranched alkanes of at least 4 members (excludes halogenated alkanes) is 14. The molecule has 0 aliphatic carbocycles. The molecule has 0 fully saturated rings. The molecule has 1 unspecified atom stereocenters. The molecule has 0 aromatic heterocycles. The van der Waals surface area contributed by atoms with Crippen LogP contribution in [0.3, 0.4) is 0 Å². The zero-order chi connectivity index (χ0) is 18.6. The summed E-state index contributed by atoms with van der Waals surface area (Å²) in [6, 6.07) is 0. The molecule has 150 valence electrons. The fourth-order valence-electron chi connectivity index (χ4n) is 3.40. The molecular weight excluding hydrogens is 312 g/mol. The van der Waals surface area contributed by atoms with Crippen LogP contribution >= 0.6 is 0 Å². The highest BCUT2D eigenvalue weighted by atomic mass is 16.7. The van der Waals surface area contributed by atoms with Gasteiger partial charge in [-0.2, -0.15) is 0 Å². The summed E-state index contributed by atoms with van der Waals surface area (Å²) >= 11 is 0. The van der Waals surface area contributed by atoms with E-state index in [9.17, 15) is 4.79 Å². The fourth-order valence-corrected chi connectivity index (χ4v) is 3.40. The van der Waals surface area contributed by atoms with Crippen LogP contribution in [0.25, 0.3) is 0 Å². The molecule has 1 atom stereocenters. The first-order valence-corrected chi connectivity index (χ1v) is 11.1. The molecule has 0 aliphatic rings. The molecule has 1 N–H and O–H groups in total. The van der Waals surface area contributed by atoms with Gasteiger partial charge in [-0.05, 0) is 19.3 Å². The molecule has 0 aliphatic heterocycles. The van der Waals surface area contributed by atoms with E-state index in [0.29, 0.717) is 0 Å². The van der Waals surface area contributed by atoms with Crippen molar-refractivity contribution in [3.05, 3.63) is 0 Å². The normalized spacial score (nSPS) is 12.2. The Morgan fingerprint density at radius 3 is 1.40 bits per heavy atom. The lowest BCUT2D eigenvalue weighted by Gasteiger charge is -2.15. The van der Waals surface area contributed by atoms with Crippen molar-refractivity contribution >= 4 is 6.16 Å². The Morgan fingerprint density at radius 2 is 1.00 bits per heavy atom. The van der Waals surface area contributed by atoms with Gasteiger partial charge in [0.1, 0.15) is 6.10 Å². The maximum Gasteiger partial charge on any atom is 0.506 e. The van der Waals surface area contributed by atoms with Crippen LogP contribution in [0.2, 0.25) is 0 Å². The summed E-state index contributed by atoms with van der Waals surface area (Å²) in [5.41, 5.74) is 0. The maximum absolute atomic E-state index is 10.7. The van der Waals surface area contributed by atoms with Gasteiger partial charge in [0.2, 0.25) is 0 Å². The zero-order valence-corrected chi connectivity index (χ0v) is 17.1. The van der Waals surface area contributed by atoms with E-state index in [1.807, 2.05) is 0 Å². The Kier molecular flexibility index (Phi) is 19.0. The van der Waals surface area contributed by atoms with Crippen LogP contribution in [-0.4, -0.2) is 17.4 Å². The van der Waals surface area contributed by atoms with Crippen LogP contribution in [-0.2, 0) is 4.74 Å². The SMILES string of the molecule is CCCCCCCCCCCCCCCCC(CCCC)OC(=O)O. The molecule has 25 heavy (non-hydrogen) atoms. The highest BCUT2D eigenvalue weighted by molar-refractivity contribution is 5.57. The topological polar surface area (TPSA) is 46.5 Å². The number of rotatable bonds is 19. The van der Waals surface area contributed by atoms with Gasteiger partial charge in [0, 0.05) is 0 Å². The molecule has 0 bridgehead atoms. The minimum absolute atomic E-state index is 0.0882. The highest BCUT2D eigenvalue weighted by Gasteiger charge is 2.12. The van der Waals surface area contributed by atoms with E-state index in [4.69, 9.17) is 9.84 Å². The van der Waals surface area contributed by atoms with Crippen LogP contribution in [0.4, 0.5) is 4.79 Å². The van der Waals surface area contributed by atoms with Gasteiger partial charge >= 0.3 is 6.16 Å². The van der Waals surface area contributed by atoms with Gasteiger partial charge in [-0.1, -0.05) is 110 Å². The van der Waals surface area contributed by atoms with Gasteiger partial charge in [-0.3, -0.25) is 0 Å². The van der Waals surface area contributed by atoms with Gasteiger partial charge < -0.3 is 9.84 Å². The molecule has 3 heteroatoms. The highest BCUT2D eigenvalue weighted by Crippen LogP contribution is 2.16. The third-order valence-electron chi connectivity index (χ3n) is 5.03. The summed E-state index contributed by atoms with van der Waals surface area (Å²) in [5.74, 6) is 0. The lowest BCUT2D eigenvalue weighted by molar-refractivity contribution is 0.0424. The molecule has 0 spiro atoms. The van der Waals surface area contributed by atoms with E-state index in [1.54, 1.807) is 0 Å². The smallest absolute Gasteiger partial charge is 0.450 e. The minimum atomic E-state index is -1.12. The Labute approximate surface area is 156 Å². The molecule has 0 rings (SSSR count). The van der Waals surface area contributed by atoms with Crippen molar-refractivity contribution in [2.24, 2.45) is 0 Å². The van der Waals surface area contributed by atoms with Gasteiger partial charge in [-0.15, -0.1) is 0 Å². The molecule has 0 saturated heterocycles. The third kappa shape index (κ3) is 19.4. The monoisotopic (exact) mass is 356 g/mol. The number of hydrogen-bond donors (Lipinski definition) is 1. The van der Waals surface area contributed by atoms with E-state index in [2.05, 4.69) is 13.8 Å². The molecule has 0 heterocycles. The Bertz CT molecular complexity index is 278. The van der Waals surface area contributed by atoms with Crippen molar-refractivity contribution in [2.45, 2.75) is 136 Å². The Balaban J connectivity index is 3.32. The molecule has 0 amide bonds. The molecule has 0 aromatic rings. The van der Waals surface area contributed by atoms with Crippen molar-refractivity contribution in [1.82, 2.24) is 0 Å². The number of ether oxygens (including phenoxy) is 1. The number of carbonyl (C=O) groups is 1. The summed E-state index contributed by atoms with van der Waals surface area (Å²) in [6.07, 6.45) is 21.6. The first-order chi connectivity index (χ1) is 12.2. The second kappa shape index (κ2) is 19.6. The van der Waals surface area contributed by atoms with Crippen LogP contribution in [0.5, 0.6) is 0 Å². The molecule has 0 saturated carbocycles. The van der Waals surface area contributed by atoms with Gasteiger partial charge in [0.25, 0.3) is 0 Å². The Hall–Kier alpha value is -0.730. The van der Waals surface area contributed by atoms with Gasteiger partial charge in [-0.25, -0.2) is 4.79 Å². The second-order valence-corrected chi connectivity index (χ2v) is 7.53. The number of hydrogen-bond acceptors (Lipinski definition) is 2. The van der Waals surface area contributed by atoms with Crippen LogP contribution in [0, 0.1) is 0 Å². The quantitative estimate of drug-likeness (QED) is 0.188. The van der Waals surface area contributed by atoms with Crippen molar-refractivity contribution in [3.63, 3.8) is 0 Å². The summed E-state index contributed by atoms with van der Waals surface area (Å²) in [6.45, 7) is 4.40. The first kappa shape index (κ1) is 24.3.